The summed E-state index contributed by atoms with van der Waals surface area (Å²) < 4.78 is 5.27. The molecule has 0 aliphatic rings. The number of hydrogen-bond donors (Lipinski definition) is 2. The van der Waals surface area contributed by atoms with E-state index < -0.39 is 0 Å². The van der Waals surface area contributed by atoms with Gasteiger partial charge in [0.15, 0.2) is 0 Å². The van der Waals surface area contributed by atoms with E-state index in [-0.39, 0.29) is 5.28 Å². The van der Waals surface area contributed by atoms with E-state index in [2.05, 4.69) is 25.6 Å². The minimum Gasteiger partial charge on any atom is -0.496 e. The van der Waals surface area contributed by atoms with Crippen molar-refractivity contribution in [1.29, 1.82) is 0 Å². The SMILES string of the molecule is CNc1nc(Cl)nc(NCc2ccccc2OC)n1. The van der Waals surface area contributed by atoms with Crippen LogP contribution in [-0.2, 0) is 6.54 Å². The summed E-state index contributed by atoms with van der Waals surface area (Å²) in [5, 5.41) is 6.04. The fraction of sp³-hybridized carbons (Fsp3) is 0.250. The number of anilines is 2. The molecule has 1 aromatic carbocycles. The smallest absolute Gasteiger partial charge is 0.229 e. The predicted molar refractivity (Wildman–Crippen MR) is 74.7 cm³/mol. The molecule has 0 atom stereocenters. The molecule has 1 aromatic heterocycles. The lowest BCUT2D eigenvalue weighted by molar-refractivity contribution is 0.410. The van der Waals surface area contributed by atoms with Gasteiger partial charge in [-0.05, 0) is 17.7 Å². The van der Waals surface area contributed by atoms with Crippen molar-refractivity contribution in [2.75, 3.05) is 24.8 Å². The summed E-state index contributed by atoms with van der Waals surface area (Å²) in [6.45, 7) is 0.535. The van der Waals surface area contributed by atoms with Crippen LogP contribution in [0.3, 0.4) is 0 Å². The van der Waals surface area contributed by atoms with Gasteiger partial charge in [-0.15, -0.1) is 0 Å². The van der Waals surface area contributed by atoms with E-state index in [1.165, 1.54) is 0 Å². The van der Waals surface area contributed by atoms with Crippen molar-refractivity contribution in [3.05, 3.63) is 35.1 Å². The van der Waals surface area contributed by atoms with Gasteiger partial charge in [0, 0.05) is 19.2 Å². The third-order valence-electron chi connectivity index (χ3n) is 2.46. The van der Waals surface area contributed by atoms with E-state index >= 15 is 0 Å². The van der Waals surface area contributed by atoms with Crippen molar-refractivity contribution in [3.63, 3.8) is 0 Å². The molecule has 0 amide bonds. The van der Waals surface area contributed by atoms with Crippen LogP contribution >= 0.6 is 11.6 Å². The van der Waals surface area contributed by atoms with Gasteiger partial charge in [0.05, 0.1) is 7.11 Å². The number of aromatic nitrogens is 3. The summed E-state index contributed by atoms with van der Waals surface area (Å²) >= 11 is 5.80. The Morgan fingerprint density at radius 3 is 2.63 bits per heavy atom. The second kappa shape index (κ2) is 6.19. The van der Waals surface area contributed by atoms with E-state index in [9.17, 15) is 0 Å². The zero-order valence-electron chi connectivity index (χ0n) is 10.6. The molecule has 2 aromatic rings. The van der Waals surface area contributed by atoms with Gasteiger partial charge in [-0.25, -0.2) is 0 Å². The molecule has 0 unspecified atom stereocenters. The number of benzene rings is 1. The third kappa shape index (κ3) is 3.45. The molecule has 0 saturated carbocycles. The Kier molecular flexibility index (Phi) is 4.35. The molecular weight excluding hydrogens is 266 g/mol. The Balaban J connectivity index is 2.12. The average Bonchev–Trinajstić information content (AvgIpc) is 2.44. The molecule has 2 N–H and O–H groups in total. The maximum absolute atomic E-state index is 5.80. The number of rotatable bonds is 5. The van der Waals surface area contributed by atoms with Crippen molar-refractivity contribution in [3.8, 4) is 5.75 Å². The van der Waals surface area contributed by atoms with Crippen LogP contribution in [-0.4, -0.2) is 29.1 Å². The van der Waals surface area contributed by atoms with Gasteiger partial charge in [-0.3, -0.25) is 0 Å². The zero-order chi connectivity index (χ0) is 13.7. The highest BCUT2D eigenvalue weighted by molar-refractivity contribution is 6.28. The molecule has 0 aliphatic heterocycles. The number of para-hydroxylation sites is 1. The highest BCUT2D eigenvalue weighted by atomic mass is 35.5. The Morgan fingerprint density at radius 1 is 1.16 bits per heavy atom. The Morgan fingerprint density at radius 2 is 1.89 bits per heavy atom. The normalized spacial score (nSPS) is 10.1. The molecule has 0 aliphatic carbocycles. The molecule has 7 heteroatoms. The van der Waals surface area contributed by atoms with Gasteiger partial charge in [-0.1, -0.05) is 18.2 Å². The lowest BCUT2D eigenvalue weighted by Gasteiger charge is -2.09. The summed E-state index contributed by atoms with van der Waals surface area (Å²) in [5.41, 5.74) is 1.01. The third-order valence-corrected chi connectivity index (χ3v) is 2.63. The van der Waals surface area contributed by atoms with E-state index in [4.69, 9.17) is 16.3 Å². The summed E-state index contributed by atoms with van der Waals surface area (Å²) in [5.74, 6) is 1.64. The maximum Gasteiger partial charge on any atom is 0.229 e. The van der Waals surface area contributed by atoms with Crippen molar-refractivity contribution in [1.82, 2.24) is 15.0 Å². The number of nitrogens with one attached hydrogen (secondary N) is 2. The lowest BCUT2D eigenvalue weighted by Crippen LogP contribution is -2.07. The molecular formula is C12H14ClN5O. The first-order valence-electron chi connectivity index (χ1n) is 5.68. The Labute approximate surface area is 116 Å². The fourth-order valence-electron chi connectivity index (χ4n) is 1.56. The summed E-state index contributed by atoms with van der Waals surface area (Å²) in [4.78, 5) is 12.1. The standard InChI is InChI=1S/C12H14ClN5O/c1-14-11-16-10(13)17-12(18-11)15-7-8-5-3-4-6-9(8)19-2/h3-6H,7H2,1-2H3,(H2,14,15,16,17,18). The largest absolute Gasteiger partial charge is 0.496 e. The molecule has 100 valence electrons. The lowest BCUT2D eigenvalue weighted by atomic mass is 10.2. The van der Waals surface area contributed by atoms with Crippen LogP contribution in [0.5, 0.6) is 5.75 Å². The molecule has 0 bridgehead atoms. The van der Waals surface area contributed by atoms with Gasteiger partial charge in [0.2, 0.25) is 17.2 Å². The van der Waals surface area contributed by atoms with E-state index in [1.54, 1.807) is 14.2 Å². The number of methoxy groups -OCH3 is 1. The van der Waals surface area contributed by atoms with Gasteiger partial charge < -0.3 is 15.4 Å². The van der Waals surface area contributed by atoms with E-state index in [1.807, 2.05) is 24.3 Å². The summed E-state index contributed by atoms with van der Waals surface area (Å²) in [6, 6.07) is 7.73. The number of hydrogen-bond acceptors (Lipinski definition) is 6. The zero-order valence-corrected chi connectivity index (χ0v) is 11.4. The van der Waals surface area contributed by atoms with Crippen molar-refractivity contribution in [2.24, 2.45) is 0 Å². The van der Waals surface area contributed by atoms with E-state index in [0.717, 1.165) is 11.3 Å². The second-order valence-corrected chi connectivity index (χ2v) is 4.01. The van der Waals surface area contributed by atoms with Crippen molar-refractivity contribution >= 4 is 23.5 Å². The van der Waals surface area contributed by atoms with Crippen LogP contribution in [0.25, 0.3) is 0 Å². The molecule has 0 spiro atoms. The number of ether oxygens (including phenoxy) is 1. The van der Waals surface area contributed by atoms with Crippen LogP contribution < -0.4 is 15.4 Å². The minimum atomic E-state index is 0.141. The van der Waals surface area contributed by atoms with E-state index in [0.29, 0.717) is 18.4 Å². The Hall–Kier alpha value is -2.08. The Bertz CT molecular complexity index is 564. The van der Waals surface area contributed by atoms with Crippen molar-refractivity contribution in [2.45, 2.75) is 6.54 Å². The first-order chi connectivity index (χ1) is 9.22. The fourth-order valence-corrected chi connectivity index (χ4v) is 1.72. The van der Waals surface area contributed by atoms with Gasteiger partial charge in [0.1, 0.15) is 5.75 Å². The molecule has 19 heavy (non-hydrogen) atoms. The predicted octanol–water partition coefficient (Wildman–Crippen LogP) is 2.19. The maximum atomic E-state index is 5.80. The molecule has 1 heterocycles. The molecule has 0 saturated heterocycles. The average molecular weight is 280 g/mol. The molecule has 0 fully saturated rings. The second-order valence-electron chi connectivity index (χ2n) is 3.67. The topological polar surface area (TPSA) is 72.0 Å². The highest BCUT2D eigenvalue weighted by Crippen LogP contribution is 2.18. The monoisotopic (exact) mass is 279 g/mol. The van der Waals surface area contributed by atoms with Crippen LogP contribution in [0.4, 0.5) is 11.9 Å². The molecule has 0 radical (unpaired) electrons. The van der Waals surface area contributed by atoms with Crippen LogP contribution in [0.2, 0.25) is 5.28 Å². The summed E-state index contributed by atoms with van der Waals surface area (Å²) in [6.07, 6.45) is 0. The van der Waals surface area contributed by atoms with Crippen LogP contribution in [0, 0.1) is 0 Å². The summed E-state index contributed by atoms with van der Waals surface area (Å²) in [7, 11) is 3.35. The number of halogens is 1. The first kappa shape index (κ1) is 13.4. The van der Waals surface area contributed by atoms with Crippen LogP contribution in [0.1, 0.15) is 5.56 Å². The quantitative estimate of drug-likeness (QED) is 0.874. The first-order valence-corrected chi connectivity index (χ1v) is 6.06. The van der Waals surface area contributed by atoms with Gasteiger partial charge in [-0.2, -0.15) is 15.0 Å². The van der Waals surface area contributed by atoms with Crippen molar-refractivity contribution < 1.29 is 4.74 Å². The van der Waals surface area contributed by atoms with Gasteiger partial charge in [0.25, 0.3) is 0 Å². The molecule has 2 rings (SSSR count). The molecule has 6 nitrogen and oxygen atoms in total. The van der Waals surface area contributed by atoms with Gasteiger partial charge >= 0.3 is 0 Å². The highest BCUT2D eigenvalue weighted by Gasteiger charge is 2.05. The van der Waals surface area contributed by atoms with Crippen LogP contribution in [0.15, 0.2) is 24.3 Å². The minimum absolute atomic E-state index is 0.141. The number of nitrogens with zero attached hydrogens (tertiary/aromatic N) is 3.